The second-order valence-corrected chi connectivity index (χ2v) is 6.79. The molecule has 1 aromatic rings. The van der Waals surface area contributed by atoms with Gasteiger partial charge in [-0.15, -0.1) is 0 Å². The van der Waals surface area contributed by atoms with E-state index in [4.69, 9.17) is 0 Å². The molecule has 0 spiro atoms. The zero-order chi connectivity index (χ0) is 16.5. The first-order valence-corrected chi connectivity index (χ1v) is 7.79. The number of ketones is 3. The van der Waals surface area contributed by atoms with Gasteiger partial charge >= 0.3 is 0 Å². The van der Waals surface area contributed by atoms with Crippen molar-refractivity contribution >= 4 is 17.3 Å². The third-order valence-electron chi connectivity index (χ3n) is 5.32. The first kappa shape index (κ1) is 14.3. The van der Waals surface area contributed by atoms with Crippen molar-refractivity contribution in [2.45, 2.75) is 25.9 Å². The Kier molecular flexibility index (Phi) is 2.87. The normalized spacial score (nSPS) is 32.7. The first-order valence-electron chi connectivity index (χ1n) is 7.79. The van der Waals surface area contributed by atoms with Crippen molar-refractivity contribution in [1.29, 1.82) is 0 Å². The van der Waals surface area contributed by atoms with Crippen LogP contribution in [0.25, 0.3) is 0 Å². The quantitative estimate of drug-likeness (QED) is 0.711. The summed E-state index contributed by atoms with van der Waals surface area (Å²) in [5, 5.41) is 20.4. The van der Waals surface area contributed by atoms with Gasteiger partial charge < -0.3 is 10.2 Å². The summed E-state index contributed by atoms with van der Waals surface area (Å²) < 4.78 is 0. The van der Waals surface area contributed by atoms with E-state index in [0.717, 1.165) is 0 Å². The van der Waals surface area contributed by atoms with Gasteiger partial charge in [0.1, 0.15) is 5.75 Å². The second kappa shape index (κ2) is 4.61. The predicted molar refractivity (Wildman–Crippen MR) is 80.2 cm³/mol. The Balaban J connectivity index is 1.92. The molecule has 0 radical (unpaired) electrons. The third-order valence-corrected chi connectivity index (χ3v) is 5.32. The largest absolute Gasteiger partial charge is 0.507 e. The Bertz CT molecular complexity index is 804. The number of carbonyl (C=O) groups excluding carboxylic acids is 3. The van der Waals surface area contributed by atoms with Crippen molar-refractivity contribution in [1.82, 2.24) is 0 Å². The minimum atomic E-state index is -0.796. The van der Waals surface area contributed by atoms with Gasteiger partial charge in [-0.2, -0.15) is 0 Å². The molecular weight excluding hydrogens is 296 g/mol. The summed E-state index contributed by atoms with van der Waals surface area (Å²) in [7, 11) is 0. The molecule has 1 aromatic carbocycles. The summed E-state index contributed by atoms with van der Waals surface area (Å²) >= 11 is 0. The predicted octanol–water partition coefficient (Wildman–Crippen LogP) is 1.67. The summed E-state index contributed by atoms with van der Waals surface area (Å²) in [4.78, 5) is 38.3. The molecule has 5 heteroatoms. The van der Waals surface area contributed by atoms with Gasteiger partial charge in [-0.25, -0.2) is 0 Å². The van der Waals surface area contributed by atoms with Crippen LogP contribution in [-0.2, 0) is 4.79 Å². The van der Waals surface area contributed by atoms with Crippen LogP contribution in [-0.4, -0.2) is 33.7 Å². The van der Waals surface area contributed by atoms with Crippen LogP contribution >= 0.6 is 0 Å². The molecule has 0 amide bonds. The molecule has 0 aromatic heterocycles. The SMILES string of the molecule is CC1CC(O)C2C3=C(C(=O)c4c(O)cccc4C3=O)C(=O)C2C1. The van der Waals surface area contributed by atoms with Crippen LogP contribution < -0.4 is 0 Å². The van der Waals surface area contributed by atoms with Gasteiger partial charge in [0, 0.05) is 23.0 Å². The van der Waals surface area contributed by atoms with Crippen LogP contribution in [0.5, 0.6) is 5.75 Å². The fourth-order valence-corrected chi connectivity index (χ4v) is 4.39. The summed E-state index contributed by atoms with van der Waals surface area (Å²) in [6.07, 6.45) is 0.284. The molecule has 4 atom stereocenters. The number of hydrogen-bond donors (Lipinski definition) is 2. The number of aromatic hydroxyl groups is 1. The number of phenols is 1. The van der Waals surface area contributed by atoms with Crippen molar-refractivity contribution in [3.63, 3.8) is 0 Å². The Morgan fingerprint density at radius 2 is 1.83 bits per heavy atom. The lowest BCUT2D eigenvalue weighted by molar-refractivity contribution is -0.122. The van der Waals surface area contributed by atoms with Crippen LogP contribution in [0.1, 0.15) is 40.5 Å². The van der Waals surface area contributed by atoms with Crippen molar-refractivity contribution < 1.29 is 24.6 Å². The highest BCUT2D eigenvalue weighted by atomic mass is 16.3. The van der Waals surface area contributed by atoms with Crippen molar-refractivity contribution in [2.75, 3.05) is 0 Å². The lowest BCUT2D eigenvalue weighted by Crippen LogP contribution is -2.37. The van der Waals surface area contributed by atoms with Crippen LogP contribution in [0.3, 0.4) is 0 Å². The molecular formula is C18H16O5. The van der Waals surface area contributed by atoms with E-state index in [1.165, 1.54) is 18.2 Å². The topological polar surface area (TPSA) is 91.7 Å². The monoisotopic (exact) mass is 312 g/mol. The van der Waals surface area contributed by atoms with Crippen LogP contribution in [0, 0.1) is 17.8 Å². The molecule has 3 aliphatic carbocycles. The molecule has 4 unspecified atom stereocenters. The van der Waals surface area contributed by atoms with Gasteiger partial charge in [0.25, 0.3) is 0 Å². The number of Topliss-reactive ketones (excluding diaryl/α,β-unsaturated/α-hetero) is 3. The van der Waals surface area contributed by atoms with Gasteiger partial charge in [0.05, 0.1) is 17.2 Å². The standard InChI is InChI=1S/C18H16O5/c1-7-5-9-12(11(20)6-7)14-15(17(9)22)18(23)13-8(16(14)21)3-2-4-10(13)19/h2-4,7,9,11-12,19-20H,5-6H2,1H3. The van der Waals surface area contributed by atoms with E-state index in [1.807, 2.05) is 6.92 Å². The van der Waals surface area contributed by atoms with Gasteiger partial charge in [-0.05, 0) is 24.8 Å². The third kappa shape index (κ3) is 1.74. The highest BCUT2D eigenvalue weighted by Gasteiger charge is 2.54. The maximum Gasteiger partial charge on any atom is 0.201 e. The molecule has 23 heavy (non-hydrogen) atoms. The number of carbonyl (C=O) groups is 3. The van der Waals surface area contributed by atoms with Gasteiger partial charge in [0.2, 0.25) is 5.78 Å². The zero-order valence-electron chi connectivity index (χ0n) is 12.6. The molecule has 118 valence electrons. The Labute approximate surface area is 132 Å². The summed E-state index contributed by atoms with van der Waals surface area (Å²) in [6, 6.07) is 4.31. The molecule has 5 nitrogen and oxygen atoms in total. The molecule has 0 heterocycles. The van der Waals surface area contributed by atoms with Crippen molar-refractivity contribution in [2.24, 2.45) is 17.8 Å². The van der Waals surface area contributed by atoms with E-state index in [2.05, 4.69) is 0 Å². The number of rotatable bonds is 0. The number of aliphatic hydroxyl groups excluding tert-OH is 1. The van der Waals surface area contributed by atoms with Crippen molar-refractivity contribution in [3.05, 3.63) is 40.5 Å². The van der Waals surface area contributed by atoms with Gasteiger partial charge in [0.15, 0.2) is 11.6 Å². The maximum absolute atomic E-state index is 12.8. The fourth-order valence-electron chi connectivity index (χ4n) is 4.39. The number of benzene rings is 1. The van der Waals surface area contributed by atoms with Crippen molar-refractivity contribution in [3.8, 4) is 5.75 Å². The minimum absolute atomic E-state index is 0.0919. The molecule has 0 saturated heterocycles. The average Bonchev–Trinajstić information content (AvgIpc) is 2.79. The Morgan fingerprint density at radius 3 is 2.57 bits per heavy atom. The lowest BCUT2D eigenvalue weighted by Gasteiger charge is -2.34. The van der Waals surface area contributed by atoms with E-state index in [-0.39, 0.29) is 39.7 Å². The highest BCUT2D eigenvalue weighted by Crippen LogP contribution is 2.49. The van der Waals surface area contributed by atoms with E-state index in [9.17, 15) is 24.6 Å². The highest BCUT2D eigenvalue weighted by molar-refractivity contribution is 6.39. The number of fused-ring (bicyclic) bond motifs is 3. The van der Waals surface area contributed by atoms with E-state index in [0.29, 0.717) is 12.8 Å². The number of phenolic OH excluding ortho intramolecular Hbond substituents is 1. The molecule has 4 rings (SSSR count). The Morgan fingerprint density at radius 1 is 1.09 bits per heavy atom. The molecule has 0 bridgehead atoms. The molecule has 3 aliphatic rings. The fraction of sp³-hybridized carbons (Fsp3) is 0.389. The zero-order valence-corrected chi connectivity index (χ0v) is 12.6. The summed E-state index contributed by atoms with van der Waals surface area (Å²) in [5.41, 5.74) is 0.0634. The number of aliphatic hydroxyl groups is 1. The smallest absolute Gasteiger partial charge is 0.201 e. The summed E-state index contributed by atoms with van der Waals surface area (Å²) in [5.74, 6) is -2.60. The Hall–Kier alpha value is -2.27. The van der Waals surface area contributed by atoms with Crippen LogP contribution in [0.2, 0.25) is 0 Å². The number of allylic oxidation sites excluding steroid dienone is 1. The molecule has 0 aliphatic heterocycles. The lowest BCUT2D eigenvalue weighted by atomic mass is 9.71. The van der Waals surface area contributed by atoms with E-state index >= 15 is 0 Å². The van der Waals surface area contributed by atoms with Gasteiger partial charge in [-0.3, -0.25) is 14.4 Å². The molecule has 1 fully saturated rings. The molecule has 2 N–H and O–H groups in total. The maximum atomic E-state index is 12.8. The van der Waals surface area contributed by atoms with Gasteiger partial charge in [-0.1, -0.05) is 19.1 Å². The van der Waals surface area contributed by atoms with E-state index < -0.39 is 29.5 Å². The average molecular weight is 312 g/mol. The number of hydrogen-bond acceptors (Lipinski definition) is 5. The van der Waals surface area contributed by atoms with Crippen LogP contribution in [0.4, 0.5) is 0 Å². The minimum Gasteiger partial charge on any atom is -0.507 e. The van der Waals surface area contributed by atoms with Crippen LogP contribution in [0.15, 0.2) is 29.3 Å². The van der Waals surface area contributed by atoms with E-state index in [1.54, 1.807) is 0 Å². The first-order chi connectivity index (χ1) is 10.9. The summed E-state index contributed by atoms with van der Waals surface area (Å²) in [6.45, 7) is 1.95. The second-order valence-electron chi connectivity index (χ2n) is 6.79. The molecule has 1 saturated carbocycles.